The molecule has 0 atom stereocenters. The number of fused-ring (bicyclic) bond motifs is 1. The van der Waals surface area contributed by atoms with Crippen LogP contribution in [0.1, 0.15) is 0 Å². The molecule has 6 N–H and O–H groups in total. The van der Waals surface area contributed by atoms with E-state index in [9.17, 15) is 13.2 Å². The van der Waals surface area contributed by atoms with Crippen molar-refractivity contribution in [1.29, 1.82) is 0 Å². The van der Waals surface area contributed by atoms with Gasteiger partial charge in [-0.1, -0.05) is 6.07 Å². The van der Waals surface area contributed by atoms with Crippen LogP contribution in [0, 0.1) is 0 Å². The molecule has 0 saturated carbocycles. The van der Waals surface area contributed by atoms with Gasteiger partial charge < -0.3 is 20.1 Å². The molecule has 0 amide bonds. The van der Waals surface area contributed by atoms with E-state index >= 15 is 0 Å². The second kappa shape index (κ2) is 8.08. The molecule has 2 aromatic carbocycles. The zero-order chi connectivity index (χ0) is 21.1. The standard InChI is InChI=1S/C15H13N3O5S.O3S/c16-9-2-3-10-14(6-9)22-7-11(15(10)19)8-1-4-13(12(17)5-8)23-24(18,20)21;1-4(2)3/h1-7H,16-17H2,(H2,18,20,21);. The van der Waals surface area contributed by atoms with Crippen LogP contribution in [0.2, 0.25) is 0 Å². The second-order valence-electron chi connectivity index (χ2n) is 5.27. The van der Waals surface area contributed by atoms with Gasteiger partial charge in [0.2, 0.25) is 0 Å². The highest BCUT2D eigenvalue weighted by Crippen LogP contribution is 2.29. The molecule has 0 radical (unpaired) electrons. The molecule has 1 heterocycles. The van der Waals surface area contributed by atoms with Gasteiger partial charge in [-0.2, -0.15) is 13.6 Å². The van der Waals surface area contributed by atoms with E-state index in [-0.39, 0.29) is 22.4 Å². The summed E-state index contributed by atoms with van der Waals surface area (Å²) in [6, 6.07) is 8.91. The molecule has 11 nitrogen and oxygen atoms in total. The molecule has 0 spiro atoms. The summed E-state index contributed by atoms with van der Waals surface area (Å²) in [5.74, 6) is -0.126. The monoisotopic (exact) mass is 427 g/mol. The lowest BCUT2D eigenvalue weighted by atomic mass is 10.0. The van der Waals surface area contributed by atoms with Crippen LogP contribution in [0.4, 0.5) is 11.4 Å². The van der Waals surface area contributed by atoms with E-state index < -0.39 is 20.9 Å². The fourth-order valence-corrected chi connectivity index (χ4v) is 2.66. The highest BCUT2D eigenvalue weighted by Gasteiger charge is 2.13. The summed E-state index contributed by atoms with van der Waals surface area (Å²) in [6.07, 6.45) is 1.29. The van der Waals surface area contributed by atoms with Crippen LogP contribution in [0.15, 0.2) is 51.9 Å². The summed E-state index contributed by atoms with van der Waals surface area (Å²) < 4.78 is 57.2. The lowest BCUT2D eigenvalue weighted by Crippen LogP contribution is -2.19. The van der Waals surface area contributed by atoms with Crippen LogP contribution in [-0.4, -0.2) is 21.0 Å². The maximum absolute atomic E-state index is 12.6. The predicted molar refractivity (Wildman–Crippen MR) is 100 cm³/mol. The van der Waals surface area contributed by atoms with Crippen molar-refractivity contribution < 1.29 is 29.6 Å². The first-order valence-corrected chi connectivity index (χ1v) is 9.65. The maximum atomic E-state index is 12.6. The minimum absolute atomic E-state index is 0.0123. The molecule has 0 saturated heterocycles. The second-order valence-corrected chi connectivity index (χ2v) is 6.83. The SMILES string of the molecule is Nc1ccc2c(=O)c(-c3ccc(OS(N)(=O)=O)c(N)c3)coc2c1.O=S(=O)=O. The summed E-state index contributed by atoms with van der Waals surface area (Å²) in [7, 11) is -7.30. The number of benzene rings is 2. The number of anilines is 2. The summed E-state index contributed by atoms with van der Waals surface area (Å²) in [5.41, 5.74) is 12.7. The van der Waals surface area contributed by atoms with Gasteiger partial charge in [-0.05, 0) is 29.8 Å². The Balaban J connectivity index is 0.000000640. The predicted octanol–water partition coefficient (Wildman–Crippen LogP) is 0.203. The number of hydrogen-bond donors (Lipinski definition) is 3. The third kappa shape index (κ3) is 5.29. The van der Waals surface area contributed by atoms with Crippen LogP contribution < -0.4 is 26.2 Å². The first kappa shape index (κ1) is 20.9. The van der Waals surface area contributed by atoms with Gasteiger partial charge in [0.05, 0.1) is 16.6 Å². The Morgan fingerprint density at radius 1 is 1.00 bits per heavy atom. The largest absolute Gasteiger partial charge is 0.463 e. The Bertz CT molecular complexity index is 1310. The van der Waals surface area contributed by atoms with Gasteiger partial charge in [0.1, 0.15) is 11.8 Å². The van der Waals surface area contributed by atoms with E-state index in [2.05, 4.69) is 4.18 Å². The number of nitrogens with two attached hydrogens (primary N) is 3. The molecule has 1 aromatic heterocycles. The Morgan fingerprint density at radius 2 is 1.64 bits per heavy atom. The molecule has 0 unspecified atom stereocenters. The van der Waals surface area contributed by atoms with E-state index in [0.717, 1.165) is 0 Å². The van der Waals surface area contributed by atoms with Gasteiger partial charge in [0.15, 0.2) is 11.2 Å². The molecule has 0 aliphatic rings. The molecular formula is C15H13N3O8S2. The van der Waals surface area contributed by atoms with Crippen LogP contribution >= 0.6 is 0 Å². The minimum atomic E-state index is -4.19. The maximum Gasteiger partial charge on any atom is 0.425 e. The van der Waals surface area contributed by atoms with Gasteiger partial charge in [-0.3, -0.25) is 4.79 Å². The zero-order valence-electron chi connectivity index (χ0n) is 13.9. The molecule has 28 heavy (non-hydrogen) atoms. The lowest BCUT2D eigenvalue weighted by Gasteiger charge is -2.08. The average molecular weight is 427 g/mol. The fourth-order valence-electron chi connectivity index (χ4n) is 2.26. The third-order valence-electron chi connectivity index (χ3n) is 3.33. The summed E-state index contributed by atoms with van der Waals surface area (Å²) in [5, 5.41) is 5.17. The fraction of sp³-hybridized carbons (Fsp3) is 0. The van der Waals surface area contributed by atoms with E-state index in [1.807, 2.05) is 0 Å². The van der Waals surface area contributed by atoms with Crippen LogP contribution in [0.3, 0.4) is 0 Å². The number of hydrogen-bond acceptors (Lipinski definition) is 10. The van der Waals surface area contributed by atoms with Gasteiger partial charge in [-0.25, -0.2) is 0 Å². The van der Waals surface area contributed by atoms with E-state index in [1.54, 1.807) is 18.2 Å². The molecule has 148 valence electrons. The van der Waals surface area contributed by atoms with Crippen molar-refractivity contribution in [3.63, 3.8) is 0 Å². The van der Waals surface area contributed by atoms with E-state index in [4.69, 9.17) is 33.7 Å². The average Bonchev–Trinajstić information content (AvgIpc) is 2.55. The van der Waals surface area contributed by atoms with Crippen molar-refractivity contribution in [2.75, 3.05) is 11.5 Å². The summed E-state index contributed by atoms with van der Waals surface area (Å²) in [6.45, 7) is 0. The van der Waals surface area contributed by atoms with E-state index in [1.165, 1.54) is 24.5 Å². The molecule has 0 bridgehead atoms. The molecular weight excluding hydrogens is 414 g/mol. The highest BCUT2D eigenvalue weighted by atomic mass is 32.2. The molecule has 13 heteroatoms. The third-order valence-corrected chi connectivity index (χ3v) is 3.74. The number of nitrogen functional groups attached to an aromatic ring is 2. The van der Waals surface area contributed by atoms with Gasteiger partial charge in [0.25, 0.3) is 0 Å². The van der Waals surface area contributed by atoms with Crippen molar-refractivity contribution in [2.24, 2.45) is 5.14 Å². The first-order chi connectivity index (χ1) is 13.0. The Labute approximate surface area is 159 Å². The molecule has 3 aromatic rings. The van der Waals surface area contributed by atoms with E-state index in [0.29, 0.717) is 22.2 Å². The van der Waals surface area contributed by atoms with Gasteiger partial charge >= 0.3 is 20.9 Å². The molecule has 3 rings (SSSR count). The van der Waals surface area contributed by atoms with Crippen molar-refractivity contribution >= 4 is 43.3 Å². The smallest absolute Gasteiger partial charge is 0.425 e. The molecule has 0 aliphatic heterocycles. The molecule has 0 aliphatic carbocycles. The quantitative estimate of drug-likeness (QED) is 0.484. The number of rotatable bonds is 3. The van der Waals surface area contributed by atoms with Crippen molar-refractivity contribution in [2.45, 2.75) is 0 Å². The van der Waals surface area contributed by atoms with Crippen molar-refractivity contribution in [3.05, 3.63) is 52.9 Å². The topological polar surface area (TPSA) is 203 Å². The van der Waals surface area contributed by atoms with Crippen molar-refractivity contribution in [1.82, 2.24) is 0 Å². The Morgan fingerprint density at radius 3 is 2.21 bits per heavy atom. The van der Waals surface area contributed by atoms with Crippen LogP contribution in [0.5, 0.6) is 5.75 Å². The first-order valence-electron chi connectivity index (χ1n) is 7.18. The van der Waals surface area contributed by atoms with Crippen LogP contribution in [0.25, 0.3) is 22.1 Å². The summed E-state index contributed by atoms with van der Waals surface area (Å²) >= 11 is 0. The lowest BCUT2D eigenvalue weighted by molar-refractivity contribution is 0.489. The minimum Gasteiger partial charge on any atom is -0.463 e. The van der Waals surface area contributed by atoms with Crippen LogP contribution in [-0.2, 0) is 20.9 Å². The van der Waals surface area contributed by atoms with Crippen molar-refractivity contribution in [3.8, 4) is 16.9 Å². The molecule has 0 fully saturated rings. The Hall–Kier alpha value is -3.42. The van der Waals surface area contributed by atoms with Gasteiger partial charge in [-0.15, -0.1) is 12.6 Å². The highest BCUT2D eigenvalue weighted by molar-refractivity contribution is 7.84. The zero-order valence-corrected chi connectivity index (χ0v) is 15.5. The Kier molecular flexibility index (Phi) is 6.03. The summed E-state index contributed by atoms with van der Waals surface area (Å²) in [4.78, 5) is 12.6. The normalized spacial score (nSPS) is 10.8. The van der Waals surface area contributed by atoms with Gasteiger partial charge in [0, 0.05) is 11.8 Å².